The van der Waals surface area contributed by atoms with E-state index in [2.05, 4.69) is 17.2 Å². The average molecular weight is 288 g/mol. The summed E-state index contributed by atoms with van der Waals surface area (Å²) >= 11 is 0. The summed E-state index contributed by atoms with van der Waals surface area (Å²) in [6.07, 6.45) is 2.66. The van der Waals surface area contributed by atoms with Gasteiger partial charge in [-0.25, -0.2) is 9.18 Å². The number of pyridine rings is 1. The molecule has 1 aromatic carbocycles. The maximum atomic E-state index is 13.5. The number of hydrogen-bond acceptors (Lipinski definition) is 3. The van der Waals surface area contributed by atoms with Gasteiger partial charge in [-0.05, 0) is 35.7 Å². The molecule has 2 N–H and O–H groups in total. The highest BCUT2D eigenvalue weighted by molar-refractivity contribution is 5.87. The molecule has 0 radical (unpaired) electrons. The van der Waals surface area contributed by atoms with Crippen LogP contribution >= 0.6 is 0 Å². The van der Waals surface area contributed by atoms with Crippen molar-refractivity contribution in [2.75, 3.05) is 0 Å². The first-order valence-corrected chi connectivity index (χ1v) is 6.77. The third kappa shape index (κ3) is 3.86. The van der Waals surface area contributed by atoms with Crippen molar-refractivity contribution in [2.45, 2.75) is 26.4 Å². The molecule has 0 atom stereocenters. The van der Waals surface area contributed by atoms with Gasteiger partial charge < -0.3 is 10.4 Å². The second-order valence-corrected chi connectivity index (χ2v) is 4.69. The van der Waals surface area contributed by atoms with Crippen LogP contribution in [0.5, 0.6) is 0 Å². The van der Waals surface area contributed by atoms with E-state index in [4.69, 9.17) is 5.11 Å². The van der Waals surface area contributed by atoms with Gasteiger partial charge in [0, 0.05) is 19.3 Å². The number of aromatic nitrogens is 1. The number of halogens is 1. The number of nitrogens with one attached hydrogen (secondary N) is 1. The van der Waals surface area contributed by atoms with Crippen LogP contribution in [0.2, 0.25) is 0 Å². The Labute approximate surface area is 122 Å². The molecule has 110 valence electrons. The predicted molar refractivity (Wildman–Crippen MR) is 77.5 cm³/mol. The Morgan fingerprint density at radius 3 is 2.81 bits per heavy atom. The molecule has 0 aliphatic carbocycles. The number of nitrogens with zero attached hydrogens (tertiary/aromatic N) is 1. The summed E-state index contributed by atoms with van der Waals surface area (Å²) in [6, 6.07) is 8.08. The van der Waals surface area contributed by atoms with E-state index in [-0.39, 0.29) is 5.56 Å². The van der Waals surface area contributed by atoms with E-state index in [1.54, 1.807) is 12.3 Å². The minimum Gasteiger partial charge on any atom is -0.478 e. The Hall–Kier alpha value is -2.27. The number of benzene rings is 1. The van der Waals surface area contributed by atoms with Crippen LogP contribution in [0.1, 0.15) is 34.1 Å². The van der Waals surface area contributed by atoms with Gasteiger partial charge in [0.15, 0.2) is 0 Å². The average Bonchev–Trinajstić information content (AvgIpc) is 2.47. The first kappa shape index (κ1) is 15.1. The topological polar surface area (TPSA) is 62.2 Å². The van der Waals surface area contributed by atoms with Gasteiger partial charge in [-0.15, -0.1) is 0 Å². The lowest BCUT2D eigenvalue weighted by Crippen LogP contribution is -2.15. The standard InChI is InChI=1S/C16H17FN2O2/c1-2-12-4-3-7-19-15(12)10-18-9-11-5-6-13(16(20)21)14(17)8-11/h3-8,18H,2,9-10H2,1H3,(H,20,21). The summed E-state index contributed by atoms with van der Waals surface area (Å²) in [5, 5.41) is 12.0. The number of hydrogen-bond donors (Lipinski definition) is 2. The Morgan fingerprint density at radius 2 is 2.14 bits per heavy atom. The number of carboxylic acids is 1. The first-order valence-electron chi connectivity index (χ1n) is 6.77. The zero-order valence-electron chi connectivity index (χ0n) is 11.8. The summed E-state index contributed by atoms with van der Waals surface area (Å²) in [5.41, 5.74) is 2.54. The molecule has 21 heavy (non-hydrogen) atoms. The molecule has 1 heterocycles. The SMILES string of the molecule is CCc1cccnc1CNCc1ccc(C(=O)O)c(F)c1. The summed E-state index contributed by atoms with van der Waals surface area (Å²) in [4.78, 5) is 15.1. The van der Waals surface area contributed by atoms with Gasteiger partial charge >= 0.3 is 5.97 Å². The van der Waals surface area contributed by atoms with Gasteiger partial charge in [0.05, 0.1) is 11.3 Å². The number of rotatable bonds is 6. The van der Waals surface area contributed by atoms with Crippen molar-refractivity contribution in [2.24, 2.45) is 0 Å². The van der Waals surface area contributed by atoms with Crippen LogP contribution in [-0.2, 0) is 19.5 Å². The Bertz CT molecular complexity index is 644. The number of aryl methyl sites for hydroxylation is 1. The van der Waals surface area contributed by atoms with Gasteiger partial charge in [-0.1, -0.05) is 19.1 Å². The molecule has 0 amide bonds. The fraction of sp³-hybridized carbons (Fsp3) is 0.250. The van der Waals surface area contributed by atoms with Gasteiger partial charge in [-0.2, -0.15) is 0 Å². The fourth-order valence-corrected chi connectivity index (χ4v) is 2.12. The number of carbonyl (C=O) groups is 1. The lowest BCUT2D eigenvalue weighted by atomic mass is 10.1. The van der Waals surface area contributed by atoms with Crippen molar-refractivity contribution in [1.29, 1.82) is 0 Å². The molecule has 0 bridgehead atoms. The summed E-state index contributed by atoms with van der Waals surface area (Å²) < 4.78 is 13.5. The maximum Gasteiger partial charge on any atom is 0.338 e. The van der Waals surface area contributed by atoms with E-state index in [9.17, 15) is 9.18 Å². The monoisotopic (exact) mass is 288 g/mol. The van der Waals surface area contributed by atoms with Crippen molar-refractivity contribution in [3.05, 3.63) is 64.7 Å². The molecule has 2 aromatic rings. The predicted octanol–water partition coefficient (Wildman–Crippen LogP) is 2.77. The van der Waals surface area contributed by atoms with Gasteiger partial charge in [0.1, 0.15) is 5.82 Å². The first-order chi connectivity index (χ1) is 10.1. The minimum absolute atomic E-state index is 0.309. The van der Waals surface area contributed by atoms with Crippen molar-refractivity contribution < 1.29 is 14.3 Å². The van der Waals surface area contributed by atoms with Gasteiger partial charge in [-0.3, -0.25) is 4.98 Å². The highest BCUT2D eigenvalue weighted by Gasteiger charge is 2.10. The molecule has 0 fully saturated rings. The number of carboxylic acid groups (broad SMARTS) is 1. The van der Waals surface area contributed by atoms with Gasteiger partial charge in [0.25, 0.3) is 0 Å². The molecule has 5 heteroatoms. The minimum atomic E-state index is -1.26. The van der Waals surface area contributed by atoms with E-state index >= 15 is 0 Å². The second kappa shape index (κ2) is 6.95. The molecule has 0 spiro atoms. The van der Waals surface area contributed by atoms with Crippen LogP contribution in [0.4, 0.5) is 4.39 Å². The Kier molecular flexibility index (Phi) is 5.00. The largest absolute Gasteiger partial charge is 0.478 e. The van der Waals surface area contributed by atoms with Crippen molar-refractivity contribution in [3.63, 3.8) is 0 Å². The van der Waals surface area contributed by atoms with Crippen LogP contribution in [0, 0.1) is 5.82 Å². The highest BCUT2D eigenvalue weighted by Crippen LogP contribution is 2.11. The van der Waals surface area contributed by atoms with E-state index in [1.807, 2.05) is 12.1 Å². The van der Waals surface area contributed by atoms with Crippen molar-refractivity contribution >= 4 is 5.97 Å². The van der Waals surface area contributed by atoms with E-state index in [1.165, 1.54) is 17.7 Å². The van der Waals surface area contributed by atoms with Crippen LogP contribution in [0.15, 0.2) is 36.5 Å². The maximum absolute atomic E-state index is 13.5. The molecule has 2 rings (SSSR count). The lowest BCUT2D eigenvalue weighted by molar-refractivity contribution is 0.0692. The molecule has 0 unspecified atom stereocenters. The zero-order chi connectivity index (χ0) is 15.2. The summed E-state index contributed by atoms with van der Waals surface area (Å²) in [6.45, 7) is 3.11. The Morgan fingerprint density at radius 1 is 1.33 bits per heavy atom. The normalized spacial score (nSPS) is 10.6. The summed E-state index contributed by atoms with van der Waals surface area (Å²) in [7, 11) is 0. The molecular formula is C16H17FN2O2. The molecule has 0 saturated carbocycles. The number of aromatic carboxylic acids is 1. The van der Waals surface area contributed by atoms with Crippen molar-refractivity contribution in [3.8, 4) is 0 Å². The third-order valence-corrected chi connectivity index (χ3v) is 3.25. The highest BCUT2D eigenvalue weighted by atomic mass is 19.1. The van der Waals surface area contributed by atoms with Gasteiger partial charge in [0.2, 0.25) is 0 Å². The lowest BCUT2D eigenvalue weighted by Gasteiger charge is -2.08. The second-order valence-electron chi connectivity index (χ2n) is 4.69. The molecule has 1 aromatic heterocycles. The molecule has 0 aliphatic heterocycles. The van der Waals surface area contributed by atoms with Crippen LogP contribution in [-0.4, -0.2) is 16.1 Å². The molecule has 0 aliphatic rings. The van der Waals surface area contributed by atoms with Crippen LogP contribution in [0.25, 0.3) is 0 Å². The van der Waals surface area contributed by atoms with Crippen LogP contribution in [0.3, 0.4) is 0 Å². The van der Waals surface area contributed by atoms with E-state index in [0.717, 1.165) is 12.1 Å². The van der Waals surface area contributed by atoms with E-state index < -0.39 is 11.8 Å². The Balaban J connectivity index is 1.97. The van der Waals surface area contributed by atoms with Crippen LogP contribution < -0.4 is 5.32 Å². The molecule has 0 saturated heterocycles. The third-order valence-electron chi connectivity index (χ3n) is 3.25. The molecular weight excluding hydrogens is 271 g/mol. The quantitative estimate of drug-likeness (QED) is 0.858. The van der Waals surface area contributed by atoms with E-state index in [0.29, 0.717) is 18.7 Å². The smallest absolute Gasteiger partial charge is 0.338 e. The zero-order valence-corrected chi connectivity index (χ0v) is 11.8. The van der Waals surface area contributed by atoms with Crippen molar-refractivity contribution in [1.82, 2.24) is 10.3 Å². The summed E-state index contributed by atoms with van der Waals surface area (Å²) in [5.74, 6) is -1.97. The molecule has 4 nitrogen and oxygen atoms in total. The fourth-order valence-electron chi connectivity index (χ4n) is 2.12.